The van der Waals surface area contributed by atoms with Crippen LogP contribution in [0.15, 0.2) is 42.5 Å². The van der Waals surface area contributed by atoms with E-state index in [1.807, 2.05) is 0 Å². The molecule has 0 aliphatic carbocycles. The van der Waals surface area contributed by atoms with E-state index >= 15 is 0 Å². The predicted octanol–water partition coefficient (Wildman–Crippen LogP) is 4.06. The third kappa shape index (κ3) is 2.58. The molecule has 0 N–H and O–H groups in total. The van der Waals surface area contributed by atoms with Gasteiger partial charge in [0.05, 0.1) is 30.9 Å². The Balaban J connectivity index is 2.40. The standard InChI is InChI=1S/C16H13F3N2O2/c1-22-10-7-8-11-13(9-10)21(15(20-11)16(17,18)19)12-5-3-4-6-14(12)23-2/h3-9H,1-2H3. The van der Waals surface area contributed by atoms with Gasteiger partial charge in [-0.1, -0.05) is 12.1 Å². The molecule has 120 valence electrons. The van der Waals surface area contributed by atoms with Gasteiger partial charge in [0.25, 0.3) is 0 Å². The van der Waals surface area contributed by atoms with Crippen LogP contribution < -0.4 is 9.47 Å². The number of benzene rings is 2. The summed E-state index contributed by atoms with van der Waals surface area (Å²) in [5.74, 6) is -0.243. The summed E-state index contributed by atoms with van der Waals surface area (Å²) in [6, 6.07) is 11.1. The maximum Gasteiger partial charge on any atom is 0.450 e. The second-order valence-corrected chi connectivity index (χ2v) is 4.80. The van der Waals surface area contributed by atoms with Crippen LogP contribution in [0.5, 0.6) is 11.5 Å². The molecule has 0 radical (unpaired) electrons. The fourth-order valence-electron chi connectivity index (χ4n) is 2.43. The highest BCUT2D eigenvalue weighted by Gasteiger charge is 2.38. The summed E-state index contributed by atoms with van der Waals surface area (Å²) in [4.78, 5) is 3.74. The van der Waals surface area contributed by atoms with Gasteiger partial charge in [-0.2, -0.15) is 13.2 Å². The number of halogens is 3. The Bertz CT molecular complexity index is 856. The Morgan fingerprint density at radius 1 is 1.00 bits per heavy atom. The summed E-state index contributed by atoms with van der Waals surface area (Å²) in [6.07, 6.45) is -4.60. The molecule has 0 fully saturated rings. The Hall–Kier alpha value is -2.70. The number of nitrogens with zero attached hydrogens (tertiary/aromatic N) is 2. The van der Waals surface area contributed by atoms with Crippen molar-refractivity contribution in [2.24, 2.45) is 0 Å². The maximum absolute atomic E-state index is 13.4. The molecule has 4 nitrogen and oxygen atoms in total. The zero-order valence-corrected chi connectivity index (χ0v) is 12.4. The van der Waals surface area contributed by atoms with Crippen LogP contribution in [-0.2, 0) is 6.18 Å². The maximum atomic E-state index is 13.4. The summed E-state index contributed by atoms with van der Waals surface area (Å²) in [5, 5.41) is 0. The molecule has 0 unspecified atom stereocenters. The van der Waals surface area contributed by atoms with Gasteiger partial charge in [-0.3, -0.25) is 4.57 Å². The Labute approximate surface area is 130 Å². The number of para-hydroxylation sites is 2. The molecule has 0 bridgehead atoms. The van der Waals surface area contributed by atoms with E-state index in [0.29, 0.717) is 17.0 Å². The molecule has 23 heavy (non-hydrogen) atoms. The number of fused-ring (bicyclic) bond motifs is 1. The monoisotopic (exact) mass is 322 g/mol. The lowest BCUT2D eigenvalue weighted by Gasteiger charge is -2.14. The minimum atomic E-state index is -4.60. The second-order valence-electron chi connectivity index (χ2n) is 4.80. The molecule has 0 aliphatic rings. The third-order valence-corrected chi connectivity index (χ3v) is 3.44. The van der Waals surface area contributed by atoms with E-state index in [9.17, 15) is 13.2 Å². The van der Waals surface area contributed by atoms with E-state index in [1.165, 1.54) is 26.4 Å². The van der Waals surface area contributed by atoms with Crippen molar-refractivity contribution < 1.29 is 22.6 Å². The van der Waals surface area contributed by atoms with Gasteiger partial charge >= 0.3 is 6.18 Å². The predicted molar refractivity (Wildman–Crippen MR) is 79.2 cm³/mol. The average Bonchev–Trinajstić information content (AvgIpc) is 2.93. The summed E-state index contributed by atoms with van der Waals surface area (Å²) >= 11 is 0. The normalized spacial score (nSPS) is 11.7. The highest BCUT2D eigenvalue weighted by atomic mass is 19.4. The molecular formula is C16H13F3N2O2. The highest BCUT2D eigenvalue weighted by Crippen LogP contribution is 2.37. The van der Waals surface area contributed by atoms with Gasteiger partial charge < -0.3 is 9.47 Å². The summed E-state index contributed by atoms with van der Waals surface area (Å²) in [7, 11) is 2.86. The van der Waals surface area contributed by atoms with Crippen molar-refractivity contribution in [2.45, 2.75) is 6.18 Å². The van der Waals surface area contributed by atoms with Crippen LogP contribution in [0.1, 0.15) is 5.82 Å². The first-order valence-corrected chi connectivity index (χ1v) is 6.73. The van der Waals surface area contributed by atoms with Gasteiger partial charge in [-0.25, -0.2) is 4.98 Å². The molecule has 0 saturated heterocycles. The van der Waals surface area contributed by atoms with Crippen LogP contribution in [0, 0.1) is 0 Å². The minimum Gasteiger partial charge on any atom is -0.497 e. The van der Waals surface area contributed by atoms with Crippen LogP contribution in [-0.4, -0.2) is 23.8 Å². The fraction of sp³-hybridized carbons (Fsp3) is 0.188. The average molecular weight is 322 g/mol. The van der Waals surface area contributed by atoms with E-state index in [2.05, 4.69) is 4.98 Å². The largest absolute Gasteiger partial charge is 0.497 e. The molecule has 3 rings (SSSR count). The number of ether oxygens (including phenoxy) is 2. The molecule has 1 aromatic heterocycles. The number of hydrogen-bond donors (Lipinski definition) is 0. The van der Waals surface area contributed by atoms with Gasteiger partial charge in [0.15, 0.2) is 0 Å². The molecule has 0 amide bonds. The van der Waals surface area contributed by atoms with Crippen molar-refractivity contribution in [3.05, 3.63) is 48.3 Å². The topological polar surface area (TPSA) is 36.3 Å². The number of hydrogen-bond acceptors (Lipinski definition) is 3. The third-order valence-electron chi connectivity index (χ3n) is 3.44. The van der Waals surface area contributed by atoms with E-state index in [0.717, 1.165) is 4.57 Å². The molecule has 1 heterocycles. The SMILES string of the molecule is COc1ccc2nc(C(F)(F)F)n(-c3ccccc3OC)c2c1. The molecule has 0 aliphatic heterocycles. The van der Waals surface area contributed by atoms with Crippen LogP contribution in [0.4, 0.5) is 13.2 Å². The second kappa shape index (κ2) is 5.49. The van der Waals surface area contributed by atoms with Crippen LogP contribution >= 0.6 is 0 Å². The van der Waals surface area contributed by atoms with Gasteiger partial charge in [0.1, 0.15) is 11.5 Å². The van der Waals surface area contributed by atoms with Gasteiger partial charge in [0.2, 0.25) is 5.82 Å². The Kier molecular flexibility index (Phi) is 3.63. The van der Waals surface area contributed by atoms with Crippen molar-refractivity contribution in [2.75, 3.05) is 14.2 Å². The molecular weight excluding hydrogens is 309 g/mol. The molecule has 7 heteroatoms. The summed E-state index contributed by atoms with van der Waals surface area (Å²) in [5.41, 5.74) is 0.781. The number of methoxy groups -OCH3 is 2. The highest BCUT2D eigenvalue weighted by molar-refractivity contribution is 5.80. The number of rotatable bonds is 3. The van der Waals surface area contributed by atoms with E-state index in [-0.39, 0.29) is 11.2 Å². The lowest BCUT2D eigenvalue weighted by atomic mass is 10.2. The van der Waals surface area contributed by atoms with Gasteiger partial charge in [-0.15, -0.1) is 0 Å². The summed E-state index contributed by atoms with van der Waals surface area (Å²) < 4.78 is 51.6. The van der Waals surface area contributed by atoms with Crippen molar-refractivity contribution in [1.82, 2.24) is 9.55 Å². The van der Waals surface area contributed by atoms with Crippen molar-refractivity contribution in [1.29, 1.82) is 0 Å². The Morgan fingerprint density at radius 3 is 2.39 bits per heavy atom. The lowest BCUT2D eigenvalue weighted by molar-refractivity contribution is -0.145. The molecule has 0 atom stereocenters. The van der Waals surface area contributed by atoms with Crippen molar-refractivity contribution >= 4 is 11.0 Å². The van der Waals surface area contributed by atoms with Gasteiger partial charge in [0, 0.05) is 6.07 Å². The summed E-state index contributed by atoms with van der Waals surface area (Å²) in [6.45, 7) is 0. The zero-order valence-electron chi connectivity index (χ0n) is 12.4. The molecule has 2 aromatic carbocycles. The first kappa shape index (κ1) is 15.2. The smallest absolute Gasteiger partial charge is 0.450 e. The molecule has 0 saturated carbocycles. The number of imidazole rings is 1. The Morgan fingerprint density at radius 2 is 1.74 bits per heavy atom. The van der Waals surface area contributed by atoms with E-state index in [1.54, 1.807) is 30.3 Å². The molecule has 3 aromatic rings. The fourth-order valence-corrected chi connectivity index (χ4v) is 2.43. The van der Waals surface area contributed by atoms with E-state index in [4.69, 9.17) is 9.47 Å². The molecule has 0 spiro atoms. The number of aromatic nitrogens is 2. The van der Waals surface area contributed by atoms with Gasteiger partial charge in [-0.05, 0) is 24.3 Å². The van der Waals surface area contributed by atoms with Crippen LogP contribution in [0.3, 0.4) is 0 Å². The number of alkyl halides is 3. The van der Waals surface area contributed by atoms with Crippen LogP contribution in [0.2, 0.25) is 0 Å². The van der Waals surface area contributed by atoms with E-state index < -0.39 is 12.0 Å². The van der Waals surface area contributed by atoms with Crippen LogP contribution in [0.25, 0.3) is 16.7 Å². The first-order valence-electron chi connectivity index (χ1n) is 6.73. The minimum absolute atomic E-state index is 0.226. The van der Waals surface area contributed by atoms with Crippen molar-refractivity contribution in [3.8, 4) is 17.2 Å². The van der Waals surface area contributed by atoms with Crippen molar-refractivity contribution in [3.63, 3.8) is 0 Å². The quantitative estimate of drug-likeness (QED) is 0.729. The first-order chi connectivity index (χ1) is 11.0. The lowest BCUT2D eigenvalue weighted by Crippen LogP contribution is -2.14. The zero-order chi connectivity index (χ0) is 16.6.